The van der Waals surface area contributed by atoms with Crippen LogP contribution in [0.15, 0.2) is 42.5 Å². The number of anilines is 3. The summed E-state index contributed by atoms with van der Waals surface area (Å²) in [4.78, 5) is 36.9. The molecule has 4 N–H and O–H groups in total. The molecule has 0 aliphatic carbocycles. The molecule has 9 nitrogen and oxygen atoms in total. The van der Waals surface area contributed by atoms with E-state index in [-0.39, 0.29) is 24.3 Å². The summed E-state index contributed by atoms with van der Waals surface area (Å²) in [6, 6.07) is 12.5. The number of benzene rings is 2. The fourth-order valence-corrected chi connectivity index (χ4v) is 3.57. The summed E-state index contributed by atoms with van der Waals surface area (Å²) in [5.74, 6) is -0.536. The summed E-state index contributed by atoms with van der Waals surface area (Å²) in [6.45, 7) is 6.94. The number of carboxylic acids is 1. The van der Waals surface area contributed by atoms with E-state index in [4.69, 9.17) is 9.84 Å². The highest BCUT2D eigenvalue weighted by Gasteiger charge is 2.17. The zero-order valence-corrected chi connectivity index (χ0v) is 20.2. The van der Waals surface area contributed by atoms with Gasteiger partial charge in [-0.1, -0.05) is 25.1 Å². The SMILES string of the molecule is COc1cc(N(CCCNC(C)=O)CC(C)CC(=O)O)ccc1NC(=O)Nc1ccccc1C. The Balaban J connectivity index is 2.15. The number of carbonyl (C=O) groups is 3. The van der Waals surface area contributed by atoms with E-state index in [0.717, 1.165) is 11.3 Å². The maximum Gasteiger partial charge on any atom is 0.323 e. The van der Waals surface area contributed by atoms with Crippen molar-refractivity contribution < 1.29 is 24.2 Å². The fourth-order valence-electron chi connectivity index (χ4n) is 3.57. The minimum Gasteiger partial charge on any atom is -0.494 e. The van der Waals surface area contributed by atoms with Crippen molar-refractivity contribution in [3.05, 3.63) is 48.0 Å². The minimum absolute atomic E-state index is 0.0536. The van der Waals surface area contributed by atoms with Gasteiger partial charge >= 0.3 is 12.0 Å². The van der Waals surface area contributed by atoms with Crippen molar-refractivity contribution in [2.45, 2.75) is 33.6 Å². The van der Waals surface area contributed by atoms with Gasteiger partial charge < -0.3 is 30.7 Å². The van der Waals surface area contributed by atoms with E-state index in [1.54, 1.807) is 6.07 Å². The van der Waals surface area contributed by atoms with Gasteiger partial charge in [0.25, 0.3) is 0 Å². The predicted octanol–water partition coefficient (Wildman–Crippen LogP) is 4.09. The minimum atomic E-state index is -0.845. The number of hydrogen-bond donors (Lipinski definition) is 4. The van der Waals surface area contributed by atoms with Crippen molar-refractivity contribution >= 4 is 35.0 Å². The third-order valence-electron chi connectivity index (χ3n) is 5.23. The first-order valence-corrected chi connectivity index (χ1v) is 11.2. The van der Waals surface area contributed by atoms with Crippen molar-refractivity contribution in [3.8, 4) is 5.75 Å². The molecule has 1 unspecified atom stereocenters. The number of aliphatic carboxylic acids is 1. The summed E-state index contributed by atoms with van der Waals surface area (Å²) in [6.07, 6.45) is 0.749. The topological polar surface area (TPSA) is 120 Å². The third kappa shape index (κ3) is 8.65. The van der Waals surface area contributed by atoms with E-state index in [0.29, 0.717) is 43.2 Å². The molecule has 2 rings (SSSR count). The number of amides is 3. The van der Waals surface area contributed by atoms with Gasteiger partial charge in [-0.3, -0.25) is 9.59 Å². The lowest BCUT2D eigenvalue weighted by atomic mass is 10.1. The standard InChI is InChI=1S/C25H34N4O5/c1-17(14-24(31)32)16-29(13-7-12-26-19(3)30)20-10-11-22(23(15-20)34-4)28-25(33)27-21-9-6-5-8-18(21)2/h5-6,8-11,15,17H,7,12-14,16H2,1-4H3,(H,26,30)(H,31,32)(H2,27,28,33). The Morgan fingerprint density at radius 2 is 1.79 bits per heavy atom. The van der Waals surface area contributed by atoms with Crippen LogP contribution in [0.5, 0.6) is 5.75 Å². The van der Waals surface area contributed by atoms with Crippen LogP contribution < -0.4 is 25.6 Å². The molecule has 0 saturated carbocycles. The van der Waals surface area contributed by atoms with Gasteiger partial charge in [-0.05, 0) is 43.0 Å². The van der Waals surface area contributed by atoms with Crippen molar-refractivity contribution in [2.24, 2.45) is 5.92 Å². The first-order chi connectivity index (χ1) is 16.2. The molecule has 0 spiro atoms. The lowest BCUT2D eigenvalue weighted by Gasteiger charge is -2.28. The molecule has 9 heteroatoms. The van der Waals surface area contributed by atoms with Gasteiger partial charge in [-0.2, -0.15) is 0 Å². The summed E-state index contributed by atoms with van der Waals surface area (Å²) in [5, 5.41) is 17.6. The van der Waals surface area contributed by atoms with Gasteiger partial charge in [0.2, 0.25) is 5.91 Å². The van der Waals surface area contributed by atoms with Crippen LogP contribution in [0, 0.1) is 12.8 Å². The molecule has 0 fully saturated rings. The first kappa shape index (κ1) is 26.5. The van der Waals surface area contributed by atoms with Crippen LogP contribution in [0.4, 0.5) is 21.9 Å². The molecule has 0 aliphatic rings. The molecule has 0 bridgehead atoms. The van der Waals surface area contributed by atoms with Crippen LogP contribution in [0.2, 0.25) is 0 Å². The molecule has 1 atom stereocenters. The quantitative estimate of drug-likeness (QED) is 0.347. The van der Waals surface area contributed by atoms with E-state index in [2.05, 4.69) is 20.9 Å². The number of carboxylic acid groups (broad SMARTS) is 1. The summed E-state index contributed by atoms with van der Waals surface area (Å²) in [7, 11) is 1.53. The third-order valence-corrected chi connectivity index (χ3v) is 5.23. The smallest absolute Gasteiger partial charge is 0.323 e. The van der Waals surface area contributed by atoms with Crippen molar-refractivity contribution in [2.75, 3.05) is 42.3 Å². The zero-order valence-electron chi connectivity index (χ0n) is 20.2. The van der Waals surface area contributed by atoms with Gasteiger partial charge in [0.15, 0.2) is 0 Å². The number of urea groups is 1. The van der Waals surface area contributed by atoms with Crippen LogP contribution in [-0.4, -0.2) is 49.8 Å². The molecule has 0 radical (unpaired) electrons. The molecule has 0 aliphatic heterocycles. The first-order valence-electron chi connectivity index (χ1n) is 11.2. The second-order valence-electron chi connectivity index (χ2n) is 8.26. The lowest BCUT2D eigenvalue weighted by molar-refractivity contribution is -0.137. The van der Waals surface area contributed by atoms with Crippen molar-refractivity contribution in [3.63, 3.8) is 0 Å². The molecule has 0 heterocycles. The van der Waals surface area contributed by atoms with Gasteiger partial charge in [-0.25, -0.2) is 4.79 Å². The predicted molar refractivity (Wildman–Crippen MR) is 134 cm³/mol. The van der Waals surface area contributed by atoms with Gasteiger partial charge in [0.05, 0.1) is 12.8 Å². The molecule has 184 valence electrons. The second-order valence-corrected chi connectivity index (χ2v) is 8.26. The average molecular weight is 471 g/mol. The number of rotatable bonds is 12. The highest BCUT2D eigenvalue weighted by molar-refractivity contribution is 6.01. The molecule has 3 amide bonds. The van der Waals surface area contributed by atoms with Crippen LogP contribution in [0.3, 0.4) is 0 Å². The maximum atomic E-state index is 12.5. The van der Waals surface area contributed by atoms with Gasteiger partial charge in [0, 0.05) is 50.4 Å². The fraction of sp³-hybridized carbons (Fsp3) is 0.400. The van der Waals surface area contributed by atoms with Gasteiger partial charge in [-0.15, -0.1) is 0 Å². The van der Waals surface area contributed by atoms with Crippen LogP contribution in [0.1, 0.15) is 32.3 Å². The molecule has 34 heavy (non-hydrogen) atoms. The Labute approximate surface area is 200 Å². The number of ether oxygens (including phenoxy) is 1. The van der Waals surface area contributed by atoms with E-state index in [1.165, 1.54) is 14.0 Å². The van der Waals surface area contributed by atoms with Crippen LogP contribution in [0.25, 0.3) is 0 Å². The molecular formula is C25H34N4O5. The summed E-state index contributed by atoms with van der Waals surface area (Å²) in [5.41, 5.74) is 3.01. The largest absolute Gasteiger partial charge is 0.494 e. The normalized spacial score (nSPS) is 11.3. The Kier molecular flexibility index (Phi) is 10.2. The van der Waals surface area contributed by atoms with Crippen molar-refractivity contribution in [1.82, 2.24) is 5.32 Å². The second kappa shape index (κ2) is 13.1. The Bertz CT molecular complexity index is 995. The number of para-hydroxylation sites is 1. The summed E-state index contributed by atoms with van der Waals surface area (Å²) >= 11 is 0. The van der Waals surface area contributed by atoms with Gasteiger partial charge in [0.1, 0.15) is 5.75 Å². The molecule has 0 saturated heterocycles. The number of nitrogens with one attached hydrogen (secondary N) is 3. The van der Waals surface area contributed by atoms with Crippen LogP contribution >= 0.6 is 0 Å². The van der Waals surface area contributed by atoms with E-state index in [9.17, 15) is 14.4 Å². The molecule has 2 aromatic rings. The maximum absolute atomic E-state index is 12.5. The average Bonchev–Trinajstić information content (AvgIpc) is 2.77. The number of nitrogens with zero attached hydrogens (tertiary/aromatic N) is 1. The highest BCUT2D eigenvalue weighted by atomic mass is 16.5. The monoisotopic (exact) mass is 470 g/mol. The van der Waals surface area contributed by atoms with E-state index < -0.39 is 5.97 Å². The van der Waals surface area contributed by atoms with E-state index >= 15 is 0 Å². The molecular weight excluding hydrogens is 436 g/mol. The van der Waals surface area contributed by atoms with Crippen molar-refractivity contribution in [1.29, 1.82) is 0 Å². The Morgan fingerprint density at radius 1 is 1.09 bits per heavy atom. The highest BCUT2D eigenvalue weighted by Crippen LogP contribution is 2.31. The number of aryl methyl sites for hydroxylation is 1. The van der Waals surface area contributed by atoms with Crippen LogP contribution in [-0.2, 0) is 9.59 Å². The number of carbonyl (C=O) groups excluding carboxylic acids is 2. The Hall–Kier alpha value is -3.75. The number of methoxy groups -OCH3 is 1. The zero-order chi connectivity index (χ0) is 25.1. The molecule has 0 aromatic heterocycles. The lowest BCUT2D eigenvalue weighted by Crippen LogP contribution is -2.33. The Morgan fingerprint density at radius 3 is 2.44 bits per heavy atom. The summed E-state index contributed by atoms with van der Waals surface area (Å²) < 4.78 is 5.52. The molecule has 2 aromatic carbocycles. The number of hydrogen-bond acceptors (Lipinski definition) is 5. The van der Waals surface area contributed by atoms with E-state index in [1.807, 2.05) is 50.2 Å².